The van der Waals surface area contributed by atoms with Gasteiger partial charge < -0.3 is 9.84 Å². The van der Waals surface area contributed by atoms with Gasteiger partial charge in [0.1, 0.15) is 5.57 Å². The summed E-state index contributed by atoms with van der Waals surface area (Å²) >= 11 is 14.5. The summed E-state index contributed by atoms with van der Waals surface area (Å²) in [6.07, 6.45) is 1.36. The molecule has 0 radical (unpaired) electrons. The Morgan fingerprint density at radius 1 is 1.30 bits per heavy atom. The van der Waals surface area contributed by atoms with E-state index in [1.807, 2.05) is 0 Å². The average molecular weight is 468 g/mol. The number of rotatable bonds is 3. The van der Waals surface area contributed by atoms with Crippen molar-refractivity contribution in [1.29, 1.82) is 0 Å². The van der Waals surface area contributed by atoms with Crippen molar-refractivity contribution in [2.45, 2.75) is 0 Å². The molecule has 1 aliphatic heterocycles. The van der Waals surface area contributed by atoms with Gasteiger partial charge in [-0.3, -0.25) is 19.8 Å². The maximum Gasteiger partial charge on any atom is 0.270 e. The monoisotopic (exact) mass is 466 g/mol. The van der Waals surface area contributed by atoms with E-state index in [2.05, 4.69) is 21.2 Å². The number of hydrogen-bond acceptors (Lipinski definition) is 5. The van der Waals surface area contributed by atoms with E-state index in [4.69, 9.17) is 28.6 Å². The number of carbonyl (C=O) groups excluding carboxylic acids is 2. The van der Waals surface area contributed by atoms with Gasteiger partial charge in [-0.15, -0.1) is 0 Å². The molecule has 2 aromatic carbocycles. The van der Waals surface area contributed by atoms with Crippen molar-refractivity contribution < 1.29 is 19.4 Å². The van der Waals surface area contributed by atoms with E-state index >= 15 is 0 Å². The summed E-state index contributed by atoms with van der Waals surface area (Å²) in [6.45, 7) is 0. The standard InChI is InChI=1S/C18H12BrClN2O4S/c1-26-14-7-9(6-13(20)15(14)23)5-12-16(24)21-18(27)22(17(12)25)11-4-2-3-10(19)8-11/h2-8,23H,1H3,(H,21,24,27)/b12-5-. The van der Waals surface area contributed by atoms with E-state index in [1.54, 1.807) is 24.3 Å². The van der Waals surface area contributed by atoms with Crippen LogP contribution in [0, 0.1) is 0 Å². The van der Waals surface area contributed by atoms with Gasteiger partial charge in [-0.1, -0.05) is 33.6 Å². The van der Waals surface area contributed by atoms with E-state index in [0.29, 0.717) is 11.3 Å². The molecule has 0 aromatic heterocycles. The fourth-order valence-electron chi connectivity index (χ4n) is 2.51. The first-order valence-electron chi connectivity index (χ1n) is 7.55. The number of benzene rings is 2. The normalized spacial score (nSPS) is 15.9. The zero-order valence-corrected chi connectivity index (χ0v) is 17.0. The minimum Gasteiger partial charge on any atom is -0.503 e. The van der Waals surface area contributed by atoms with E-state index in [-0.39, 0.29) is 27.2 Å². The molecule has 2 amide bonds. The molecule has 3 rings (SSSR count). The van der Waals surface area contributed by atoms with Crippen LogP contribution in [-0.4, -0.2) is 29.1 Å². The van der Waals surface area contributed by atoms with Crippen LogP contribution < -0.4 is 15.0 Å². The Bertz CT molecular complexity index is 1010. The van der Waals surface area contributed by atoms with Crippen molar-refractivity contribution in [3.8, 4) is 11.5 Å². The quantitative estimate of drug-likeness (QED) is 0.409. The summed E-state index contributed by atoms with van der Waals surface area (Å²) in [6, 6.07) is 9.85. The molecule has 27 heavy (non-hydrogen) atoms. The predicted octanol–water partition coefficient (Wildman–Crippen LogP) is 3.65. The van der Waals surface area contributed by atoms with Gasteiger partial charge in [0.2, 0.25) is 0 Å². The van der Waals surface area contributed by atoms with Gasteiger partial charge >= 0.3 is 0 Å². The van der Waals surface area contributed by atoms with Gasteiger partial charge in [0.15, 0.2) is 16.6 Å². The smallest absolute Gasteiger partial charge is 0.270 e. The highest BCUT2D eigenvalue weighted by Crippen LogP contribution is 2.36. The van der Waals surface area contributed by atoms with Gasteiger partial charge in [-0.25, -0.2) is 0 Å². The van der Waals surface area contributed by atoms with Crippen LogP contribution in [0.1, 0.15) is 5.56 Å². The summed E-state index contributed by atoms with van der Waals surface area (Å²) in [7, 11) is 1.37. The van der Waals surface area contributed by atoms with E-state index in [9.17, 15) is 14.7 Å². The Balaban J connectivity index is 2.06. The fourth-order valence-corrected chi connectivity index (χ4v) is 3.39. The Morgan fingerprint density at radius 2 is 2.04 bits per heavy atom. The number of nitrogens with one attached hydrogen (secondary N) is 1. The third-order valence-corrected chi connectivity index (χ3v) is 4.82. The van der Waals surface area contributed by atoms with Crippen LogP contribution in [0.4, 0.5) is 5.69 Å². The van der Waals surface area contributed by atoms with Crippen molar-refractivity contribution in [3.63, 3.8) is 0 Å². The molecule has 1 aliphatic rings. The number of methoxy groups -OCH3 is 1. The first-order chi connectivity index (χ1) is 12.8. The van der Waals surface area contributed by atoms with Crippen molar-refractivity contribution in [1.82, 2.24) is 5.32 Å². The van der Waals surface area contributed by atoms with E-state index in [0.717, 1.165) is 4.47 Å². The molecule has 9 heteroatoms. The molecule has 1 heterocycles. The van der Waals surface area contributed by atoms with Crippen molar-refractivity contribution in [3.05, 3.63) is 57.0 Å². The average Bonchev–Trinajstić information content (AvgIpc) is 2.61. The lowest BCUT2D eigenvalue weighted by Crippen LogP contribution is -2.54. The van der Waals surface area contributed by atoms with Gasteiger partial charge in [-0.05, 0) is 54.2 Å². The number of phenolic OH excluding ortho intramolecular Hbond substituents is 1. The molecule has 2 aromatic rings. The number of ether oxygens (including phenoxy) is 1. The first kappa shape index (κ1) is 19.3. The minimum absolute atomic E-state index is 0.0124. The number of amides is 2. The van der Waals surface area contributed by atoms with Crippen LogP contribution in [0.25, 0.3) is 6.08 Å². The Hall–Kier alpha value is -2.42. The van der Waals surface area contributed by atoms with E-state index < -0.39 is 11.8 Å². The van der Waals surface area contributed by atoms with Crippen LogP contribution in [0.5, 0.6) is 11.5 Å². The number of nitrogens with zero attached hydrogens (tertiary/aromatic N) is 1. The second-order valence-corrected chi connectivity index (χ2v) is 7.20. The lowest BCUT2D eigenvalue weighted by molar-refractivity contribution is -0.122. The Labute approximate surface area is 173 Å². The first-order valence-corrected chi connectivity index (χ1v) is 9.13. The second kappa shape index (κ2) is 7.67. The van der Waals surface area contributed by atoms with Crippen molar-refractivity contribution >= 4 is 68.4 Å². The van der Waals surface area contributed by atoms with E-state index in [1.165, 1.54) is 30.2 Å². The highest BCUT2D eigenvalue weighted by molar-refractivity contribution is 9.10. The number of halogens is 2. The van der Waals surface area contributed by atoms with Crippen LogP contribution in [0.2, 0.25) is 5.02 Å². The molecule has 138 valence electrons. The van der Waals surface area contributed by atoms with Crippen LogP contribution >= 0.6 is 39.7 Å². The number of aromatic hydroxyl groups is 1. The number of phenols is 1. The summed E-state index contributed by atoms with van der Waals surface area (Å²) < 4.78 is 5.80. The molecule has 0 atom stereocenters. The second-order valence-electron chi connectivity index (χ2n) is 5.49. The molecule has 0 saturated carbocycles. The molecular formula is C18H12BrClN2O4S. The Kier molecular flexibility index (Phi) is 5.50. The Morgan fingerprint density at radius 3 is 2.70 bits per heavy atom. The van der Waals surface area contributed by atoms with Crippen molar-refractivity contribution in [2.75, 3.05) is 12.0 Å². The molecule has 0 unspecified atom stereocenters. The molecule has 1 saturated heterocycles. The predicted molar refractivity (Wildman–Crippen MR) is 110 cm³/mol. The molecule has 0 bridgehead atoms. The van der Waals surface area contributed by atoms with Crippen LogP contribution in [0.3, 0.4) is 0 Å². The molecule has 1 fully saturated rings. The van der Waals surface area contributed by atoms with Gasteiger partial charge in [-0.2, -0.15) is 0 Å². The largest absolute Gasteiger partial charge is 0.503 e. The summed E-state index contributed by atoms with van der Waals surface area (Å²) in [4.78, 5) is 26.5. The molecule has 0 aliphatic carbocycles. The van der Waals surface area contributed by atoms with Crippen LogP contribution in [0.15, 0.2) is 46.4 Å². The third-order valence-electron chi connectivity index (χ3n) is 3.75. The zero-order valence-electron chi connectivity index (χ0n) is 13.8. The number of carbonyl (C=O) groups is 2. The highest BCUT2D eigenvalue weighted by atomic mass is 79.9. The number of thiocarbonyl (C=S) groups is 1. The molecular weight excluding hydrogens is 456 g/mol. The van der Waals surface area contributed by atoms with Gasteiger partial charge in [0.25, 0.3) is 11.8 Å². The molecule has 0 spiro atoms. The van der Waals surface area contributed by atoms with Gasteiger partial charge in [0, 0.05) is 4.47 Å². The number of hydrogen-bond donors (Lipinski definition) is 2. The van der Waals surface area contributed by atoms with Crippen LogP contribution in [-0.2, 0) is 9.59 Å². The highest BCUT2D eigenvalue weighted by Gasteiger charge is 2.34. The molecule has 2 N–H and O–H groups in total. The lowest BCUT2D eigenvalue weighted by Gasteiger charge is -2.29. The summed E-state index contributed by atoms with van der Waals surface area (Å²) in [5.74, 6) is -1.31. The fraction of sp³-hybridized carbons (Fsp3) is 0.0556. The summed E-state index contributed by atoms with van der Waals surface area (Å²) in [5.41, 5.74) is 0.786. The topological polar surface area (TPSA) is 78.9 Å². The minimum atomic E-state index is -0.626. The third kappa shape index (κ3) is 3.83. The summed E-state index contributed by atoms with van der Waals surface area (Å²) in [5, 5.41) is 12.4. The maximum atomic E-state index is 12.9. The lowest BCUT2D eigenvalue weighted by atomic mass is 10.1. The van der Waals surface area contributed by atoms with Crippen molar-refractivity contribution in [2.24, 2.45) is 0 Å². The van der Waals surface area contributed by atoms with Gasteiger partial charge in [0.05, 0.1) is 17.8 Å². The zero-order chi connectivity index (χ0) is 19.7. The SMILES string of the molecule is COc1cc(/C=C2/C(=O)NC(=S)N(c3cccc(Br)c3)C2=O)cc(Cl)c1O. The molecule has 6 nitrogen and oxygen atoms in total. The maximum absolute atomic E-state index is 12.9. The number of anilines is 1.